The van der Waals surface area contributed by atoms with Crippen LogP contribution < -0.4 is 4.74 Å². The van der Waals surface area contributed by atoms with Gasteiger partial charge in [0.15, 0.2) is 0 Å². The highest BCUT2D eigenvalue weighted by molar-refractivity contribution is 5.40. The highest BCUT2D eigenvalue weighted by atomic mass is 16.5. The Morgan fingerprint density at radius 1 is 1.53 bits per heavy atom. The van der Waals surface area contributed by atoms with Gasteiger partial charge in [-0.25, -0.2) is 0 Å². The molecular formula is C13H15NO. The van der Waals surface area contributed by atoms with Crippen molar-refractivity contribution in [3.05, 3.63) is 41.5 Å². The number of methoxy groups -OCH3 is 1. The van der Waals surface area contributed by atoms with Crippen LogP contribution in [0.1, 0.15) is 18.1 Å². The van der Waals surface area contributed by atoms with Crippen molar-refractivity contribution in [1.29, 1.82) is 5.26 Å². The highest BCUT2D eigenvalue weighted by Gasteiger charge is 2.04. The minimum Gasteiger partial charge on any atom is -0.496 e. The molecule has 2 nitrogen and oxygen atoms in total. The fourth-order valence-corrected chi connectivity index (χ4v) is 1.46. The predicted molar refractivity (Wildman–Crippen MR) is 60.8 cm³/mol. The SMILES string of the molecule is C=C(C)Cc1ccc(CC#N)cc1OC. The fourth-order valence-electron chi connectivity index (χ4n) is 1.46. The monoisotopic (exact) mass is 201 g/mol. The first-order chi connectivity index (χ1) is 7.17. The van der Waals surface area contributed by atoms with Crippen LogP contribution in [0, 0.1) is 11.3 Å². The van der Waals surface area contributed by atoms with Crippen LogP contribution in [0.15, 0.2) is 30.4 Å². The Hall–Kier alpha value is -1.75. The molecule has 0 aliphatic carbocycles. The topological polar surface area (TPSA) is 33.0 Å². The van der Waals surface area contributed by atoms with Gasteiger partial charge >= 0.3 is 0 Å². The lowest BCUT2D eigenvalue weighted by Crippen LogP contribution is -1.94. The lowest BCUT2D eigenvalue weighted by molar-refractivity contribution is 0.410. The zero-order valence-corrected chi connectivity index (χ0v) is 9.21. The number of rotatable bonds is 4. The number of ether oxygens (including phenoxy) is 1. The molecule has 0 amide bonds. The Morgan fingerprint density at radius 3 is 2.80 bits per heavy atom. The van der Waals surface area contributed by atoms with Crippen LogP contribution in [0.3, 0.4) is 0 Å². The zero-order chi connectivity index (χ0) is 11.3. The van der Waals surface area contributed by atoms with Crippen LogP contribution in [0.2, 0.25) is 0 Å². The Morgan fingerprint density at radius 2 is 2.27 bits per heavy atom. The van der Waals surface area contributed by atoms with Crippen molar-refractivity contribution >= 4 is 0 Å². The van der Waals surface area contributed by atoms with E-state index in [1.165, 1.54) is 0 Å². The van der Waals surface area contributed by atoms with Gasteiger partial charge in [-0.1, -0.05) is 24.3 Å². The maximum Gasteiger partial charge on any atom is 0.122 e. The van der Waals surface area contributed by atoms with E-state index in [0.717, 1.165) is 28.9 Å². The van der Waals surface area contributed by atoms with Gasteiger partial charge in [0.05, 0.1) is 19.6 Å². The zero-order valence-electron chi connectivity index (χ0n) is 9.21. The minimum atomic E-state index is 0.420. The summed E-state index contributed by atoms with van der Waals surface area (Å²) in [6.45, 7) is 5.87. The quantitative estimate of drug-likeness (QED) is 0.702. The van der Waals surface area contributed by atoms with Gasteiger partial charge in [0, 0.05) is 0 Å². The molecule has 0 saturated carbocycles. The summed E-state index contributed by atoms with van der Waals surface area (Å²) in [5.41, 5.74) is 3.20. The number of nitriles is 1. The molecule has 0 N–H and O–H groups in total. The second-order valence-corrected chi connectivity index (χ2v) is 3.61. The third kappa shape index (κ3) is 3.14. The Kier molecular flexibility index (Phi) is 3.93. The summed E-state index contributed by atoms with van der Waals surface area (Å²) in [6.07, 6.45) is 1.24. The van der Waals surface area contributed by atoms with Crippen molar-refractivity contribution < 1.29 is 4.74 Å². The largest absolute Gasteiger partial charge is 0.496 e. The highest BCUT2D eigenvalue weighted by Crippen LogP contribution is 2.22. The summed E-state index contributed by atoms with van der Waals surface area (Å²) < 4.78 is 5.28. The molecule has 15 heavy (non-hydrogen) atoms. The summed E-state index contributed by atoms with van der Waals surface area (Å²) >= 11 is 0. The Bertz CT molecular complexity index is 401. The molecule has 0 saturated heterocycles. The molecule has 0 atom stereocenters. The molecule has 0 heterocycles. The van der Waals surface area contributed by atoms with E-state index in [-0.39, 0.29) is 0 Å². The average Bonchev–Trinajstić information content (AvgIpc) is 2.20. The van der Waals surface area contributed by atoms with Gasteiger partial charge < -0.3 is 4.74 Å². The lowest BCUT2D eigenvalue weighted by Gasteiger charge is -2.09. The second-order valence-electron chi connectivity index (χ2n) is 3.61. The van der Waals surface area contributed by atoms with Gasteiger partial charge in [-0.15, -0.1) is 0 Å². The van der Waals surface area contributed by atoms with Crippen molar-refractivity contribution in [2.24, 2.45) is 0 Å². The van der Waals surface area contributed by atoms with Crippen LogP contribution in [0.25, 0.3) is 0 Å². The van der Waals surface area contributed by atoms with Crippen molar-refractivity contribution in [2.75, 3.05) is 7.11 Å². The van der Waals surface area contributed by atoms with Crippen LogP contribution in [0.4, 0.5) is 0 Å². The van der Waals surface area contributed by atoms with Crippen LogP contribution in [-0.4, -0.2) is 7.11 Å². The van der Waals surface area contributed by atoms with Crippen LogP contribution >= 0.6 is 0 Å². The predicted octanol–water partition coefficient (Wildman–Crippen LogP) is 2.88. The standard InChI is InChI=1S/C13H15NO/c1-10(2)8-12-5-4-11(6-7-14)9-13(12)15-3/h4-5,9H,1,6,8H2,2-3H3. The molecule has 2 heteroatoms. The number of benzene rings is 1. The number of allylic oxidation sites excluding steroid dienone is 1. The van der Waals surface area contributed by atoms with Gasteiger partial charge in [0.1, 0.15) is 5.75 Å². The molecule has 0 unspecified atom stereocenters. The van der Waals surface area contributed by atoms with E-state index < -0.39 is 0 Å². The second kappa shape index (κ2) is 5.21. The molecule has 0 spiro atoms. The Balaban J connectivity index is 2.99. The molecule has 0 fully saturated rings. The van der Waals surface area contributed by atoms with E-state index >= 15 is 0 Å². The normalized spacial score (nSPS) is 9.40. The maximum atomic E-state index is 8.59. The first kappa shape index (κ1) is 11.3. The van der Waals surface area contributed by atoms with Crippen LogP contribution in [-0.2, 0) is 12.8 Å². The van der Waals surface area contributed by atoms with Gasteiger partial charge in [-0.2, -0.15) is 5.26 Å². The maximum absolute atomic E-state index is 8.59. The average molecular weight is 201 g/mol. The molecule has 0 radical (unpaired) electrons. The van der Waals surface area contributed by atoms with Crippen molar-refractivity contribution in [2.45, 2.75) is 19.8 Å². The summed E-state index contributed by atoms with van der Waals surface area (Å²) in [4.78, 5) is 0. The van der Waals surface area contributed by atoms with Crippen molar-refractivity contribution in [1.82, 2.24) is 0 Å². The molecule has 0 aromatic heterocycles. The summed E-state index contributed by atoms with van der Waals surface area (Å²) in [7, 11) is 1.65. The molecule has 0 aliphatic rings. The van der Waals surface area contributed by atoms with E-state index in [9.17, 15) is 0 Å². The Labute approximate surface area is 90.8 Å². The van der Waals surface area contributed by atoms with Crippen molar-refractivity contribution in [3.63, 3.8) is 0 Å². The smallest absolute Gasteiger partial charge is 0.122 e. The molecule has 1 aromatic rings. The molecule has 78 valence electrons. The molecule has 1 rings (SSSR count). The van der Waals surface area contributed by atoms with E-state index in [1.807, 2.05) is 25.1 Å². The summed E-state index contributed by atoms with van der Waals surface area (Å²) in [5, 5.41) is 8.59. The third-order valence-corrected chi connectivity index (χ3v) is 2.13. The van der Waals surface area contributed by atoms with E-state index in [1.54, 1.807) is 7.11 Å². The first-order valence-electron chi connectivity index (χ1n) is 4.84. The van der Waals surface area contributed by atoms with Crippen molar-refractivity contribution in [3.8, 4) is 11.8 Å². The van der Waals surface area contributed by atoms with E-state index in [4.69, 9.17) is 10.00 Å². The fraction of sp³-hybridized carbons (Fsp3) is 0.308. The van der Waals surface area contributed by atoms with E-state index in [2.05, 4.69) is 12.6 Å². The van der Waals surface area contributed by atoms with Crippen LogP contribution in [0.5, 0.6) is 5.75 Å². The summed E-state index contributed by atoms with van der Waals surface area (Å²) in [5.74, 6) is 0.839. The number of hydrogen-bond acceptors (Lipinski definition) is 2. The molecular weight excluding hydrogens is 186 g/mol. The van der Waals surface area contributed by atoms with E-state index in [0.29, 0.717) is 6.42 Å². The molecule has 1 aromatic carbocycles. The summed E-state index contributed by atoms with van der Waals surface area (Å²) in [6, 6.07) is 8.00. The molecule has 0 aliphatic heterocycles. The minimum absolute atomic E-state index is 0.420. The third-order valence-electron chi connectivity index (χ3n) is 2.13. The lowest BCUT2D eigenvalue weighted by atomic mass is 10.0. The number of hydrogen-bond donors (Lipinski definition) is 0. The van der Waals surface area contributed by atoms with Gasteiger partial charge in [0.2, 0.25) is 0 Å². The first-order valence-corrected chi connectivity index (χ1v) is 4.84. The van der Waals surface area contributed by atoms with Gasteiger partial charge in [0.25, 0.3) is 0 Å². The number of nitrogens with zero attached hydrogens (tertiary/aromatic N) is 1. The van der Waals surface area contributed by atoms with Gasteiger partial charge in [-0.05, 0) is 30.5 Å². The molecule has 0 bridgehead atoms. The van der Waals surface area contributed by atoms with Gasteiger partial charge in [-0.3, -0.25) is 0 Å².